The maximum atomic E-state index is 9.92. The molecule has 0 amide bonds. The van der Waals surface area contributed by atoms with Crippen molar-refractivity contribution >= 4 is 10.4 Å². The summed E-state index contributed by atoms with van der Waals surface area (Å²) in [7, 11) is -1.60. The predicted octanol–water partition coefficient (Wildman–Crippen LogP) is -1.46. The van der Waals surface area contributed by atoms with E-state index in [2.05, 4.69) is 8.37 Å². The Kier molecular flexibility index (Phi) is 18.4. The van der Waals surface area contributed by atoms with Crippen molar-refractivity contribution in [2.45, 2.75) is 0 Å². The molecule has 0 saturated carbocycles. The third-order valence-electron chi connectivity index (χ3n) is 1.62. The lowest BCUT2D eigenvalue weighted by molar-refractivity contribution is 0.00230. The van der Waals surface area contributed by atoms with E-state index < -0.39 is 10.4 Å². The van der Waals surface area contributed by atoms with Gasteiger partial charge in [0, 0.05) is 0 Å². The first-order chi connectivity index (χ1) is 9.54. The molecule has 0 aliphatic rings. The molecule has 0 unspecified atom stereocenters. The molecule has 0 heterocycles. The topological polar surface area (TPSA) is 121 Å². The number of hydrogen-bond donors (Lipinski definition) is 2. The van der Waals surface area contributed by atoms with Crippen LogP contribution < -0.4 is 0 Å². The van der Waals surface area contributed by atoms with Crippen LogP contribution in [0.1, 0.15) is 0 Å². The number of aliphatic hydroxyl groups excluding tert-OH is 2. The third kappa shape index (κ3) is 20.0. The summed E-state index contributed by atoms with van der Waals surface area (Å²) in [5.41, 5.74) is 0. The highest BCUT2D eigenvalue weighted by atomic mass is 32.3. The zero-order chi connectivity index (χ0) is 15.7. The number of aliphatic hydroxyl groups is 2. The normalized spacial score (nSPS) is 11.0. The van der Waals surface area contributed by atoms with E-state index in [4.69, 9.17) is 24.4 Å². The Balaban J connectivity index is 0. The molecule has 0 fully saturated rings. The Labute approximate surface area is 119 Å². The molecule has 0 atom stereocenters. The van der Waals surface area contributed by atoms with Gasteiger partial charge in [-0.2, -0.15) is 8.42 Å². The van der Waals surface area contributed by atoms with Crippen LogP contribution in [0.25, 0.3) is 0 Å². The van der Waals surface area contributed by atoms with Crippen molar-refractivity contribution in [3.63, 3.8) is 0 Å². The lowest BCUT2D eigenvalue weighted by Crippen LogP contribution is -2.11. The molecular formula is C10H24O9S. The van der Waals surface area contributed by atoms with Crippen molar-refractivity contribution in [3.8, 4) is 0 Å². The summed E-state index contributed by atoms with van der Waals surface area (Å²) in [6, 6.07) is 0. The molecule has 124 valence electrons. The molecule has 0 aromatic rings. The summed E-state index contributed by atoms with van der Waals surface area (Å²) in [4.78, 5) is 0. The second-order valence-corrected chi connectivity index (χ2v) is 4.51. The first-order valence-electron chi connectivity index (χ1n) is 5.85. The highest BCUT2D eigenvalue weighted by molar-refractivity contribution is 7.81. The van der Waals surface area contributed by atoms with Gasteiger partial charge in [-0.1, -0.05) is 0 Å². The summed E-state index contributed by atoms with van der Waals surface area (Å²) in [6.45, 7) is 2.76. The standard InChI is InChI=1S/C8H18O5.C2H6O4S/c9-1-3-11-5-7-13-8-6-12-4-2-10;1-5-7(3,4)6-2/h9-10H,1-8H2;1-2H3. The lowest BCUT2D eigenvalue weighted by Gasteiger charge is -2.04. The number of hydrogen-bond acceptors (Lipinski definition) is 9. The Morgan fingerprint density at radius 1 is 0.700 bits per heavy atom. The zero-order valence-electron chi connectivity index (χ0n) is 11.8. The predicted molar refractivity (Wildman–Crippen MR) is 69.6 cm³/mol. The Bertz CT molecular complexity index is 248. The highest BCUT2D eigenvalue weighted by Crippen LogP contribution is 1.85. The molecule has 0 radical (unpaired) electrons. The van der Waals surface area contributed by atoms with E-state index in [1.54, 1.807) is 0 Å². The van der Waals surface area contributed by atoms with Crippen LogP contribution in [0.15, 0.2) is 0 Å². The van der Waals surface area contributed by atoms with Gasteiger partial charge in [0.15, 0.2) is 0 Å². The fourth-order valence-corrected chi connectivity index (χ4v) is 0.875. The van der Waals surface area contributed by atoms with Crippen LogP contribution in [-0.4, -0.2) is 85.7 Å². The first kappa shape index (κ1) is 22.0. The molecule has 0 spiro atoms. The van der Waals surface area contributed by atoms with E-state index in [0.717, 1.165) is 14.2 Å². The molecule has 20 heavy (non-hydrogen) atoms. The van der Waals surface area contributed by atoms with Crippen molar-refractivity contribution < 1.29 is 41.2 Å². The summed E-state index contributed by atoms with van der Waals surface area (Å²) in [5.74, 6) is 0. The lowest BCUT2D eigenvalue weighted by atomic mass is 10.7. The van der Waals surface area contributed by atoms with Gasteiger partial charge in [-0.3, -0.25) is 8.37 Å². The summed E-state index contributed by atoms with van der Waals surface area (Å²) in [6.07, 6.45) is 0. The van der Waals surface area contributed by atoms with Crippen LogP contribution >= 0.6 is 0 Å². The van der Waals surface area contributed by atoms with Gasteiger partial charge in [0.25, 0.3) is 0 Å². The van der Waals surface area contributed by atoms with E-state index in [-0.39, 0.29) is 13.2 Å². The van der Waals surface area contributed by atoms with Crippen molar-refractivity contribution in [2.24, 2.45) is 0 Å². The second kappa shape index (κ2) is 16.7. The van der Waals surface area contributed by atoms with E-state index in [1.807, 2.05) is 0 Å². The minimum atomic E-state index is -3.66. The molecule has 0 aromatic carbocycles. The van der Waals surface area contributed by atoms with E-state index >= 15 is 0 Å². The minimum absolute atomic E-state index is 0.0413. The van der Waals surface area contributed by atoms with E-state index in [1.165, 1.54) is 0 Å². The minimum Gasteiger partial charge on any atom is -0.394 e. The molecule has 0 bridgehead atoms. The van der Waals surface area contributed by atoms with E-state index in [0.29, 0.717) is 39.6 Å². The van der Waals surface area contributed by atoms with Crippen molar-refractivity contribution in [1.82, 2.24) is 0 Å². The molecule has 9 nitrogen and oxygen atoms in total. The van der Waals surface area contributed by atoms with Crippen LogP contribution in [0, 0.1) is 0 Å². The monoisotopic (exact) mass is 320 g/mol. The average molecular weight is 320 g/mol. The Morgan fingerprint density at radius 2 is 1.00 bits per heavy atom. The van der Waals surface area contributed by atoms with Crippen LogP contribution in [-0.2, 0) is 33.0 Å². The highest BCUT2D eigenvalue weighted by Gasteiger charge is 2.01. The van der Waals surface area contributed by atoms with Crippen LogP contribution in [0.3, 0.4) is 0 Å². The zero-order valence-corrected chi connectivity index (χ0v) is 12.6. The maximum Gasteiger partial charge on any atom is 0.399 e. The Morgan fingerprint density at radius 3 is 1.20 bits per heavy atom. The van der Waals surface area contributed by atoms with Gasteiger partial charge in [0.2, 0.25) is 0 Å². The molecule has 0 aliphatic carbocycles. The molecule has 10 heteroatoms. The van der Waals surface area contributed by atoms with Crippen LogP contribution in [0.5, 0.6) is 0 Å². The largest absolute Gasteiger partial charge is 0.399 e. The van der Waals surface area contributed by atoms with Gasteiger partial charge < -0.3 is 24.4 Å². The number of rotatable bonds is 12. The molecule has 0 rings (SSSR count). The van der Waals surface area contributed by atoms with Gasteiger partial charge in [-0.25, -0.2) is 0 Å². The quantitative estimate of drug-likeness (QED) is 0.416. The SMILES string of the molecule is COS(=O)(=O)OC.OCCOCCOCCOCCO. The molecule has 0 aromatic heterocycles. The van der Waals surface area contributed by atoms with Crippen molar-refractivity contribution in [3.05, 3.63) is 0 Å². The van der Waals surface area contributed by atoms with Gasteiger partial charge in [-0.05, 0) is 0 Å². The summed E-state index contributed by atoms with van der Waals surface area (Å²) < 4.78 is 42.5. The fourth-order valence-electron chi connectivity index (χ4n) is 0.739. The van der Waals surface area contributed by atoms with Crippen LogP contribution in [0.4, 0.5) is 0 Å². The average Bonchev–Trinajstić information content (AvgIpc) is 2.46. The van der Waals surface area contributed by atoms with Gasteiger partial charge in [0.05, 0.1) is 67.1 Å². The maximum absolute atomic E-state index is 9.92. The van der Waals surface area contributed by atoms with Crippen LogP contribution in [0.2, 0.25) is 0 Å². The summed E-state index contributed by atoms with van der Waals surface area (Å²) in [5, 5.41) is 16.7. The fraction of sp³-hybridized carbons (Fsp3) is 1.00. The van der Waals surface area contributed by atoms with Crippen molar-refractivity contribution in [2.75, 3.05) is 67.1 Å². The van der Waals surface area contributed by atoms with E-state index in [9.17, 15) is 8.42 Å². The number of ether oxygens (including phenoxy) is 3. The van der Waals surface area contributed by atoms with Crippen molar-refractivity contribution in [1.29, 1.82) is 0 Å². The van der Waals surface area contributed by atoms with Gasteiger partial charge in [0.1, 0.15) is 0 Å². The first-order valence-corrected chi connectivity index (χ1v) is 7.18. The second-order valence-electron chi connectivity index (χ2n) is 3.03. The van der Waals surface area contributed by atoms with Gasteiger partial charge in [-0.15, -0.1) is 0 Å². The van der Waals surface area contributed by atoms with Gasteiger partial charge >= 0.3 is 10.4 Å². The Hall–Kier alpha value is -0.330. The summed E-state index contributed by atoms with van der Waals surface area (Å²) >= 11 is 0. The smallest absolute Gasteiger partial charge is 0.394 e. The molecule has 0 saturated heterocycles. The third-order valence-corrected chi connectivity index (χ3v) is 2.44. The molecule has 2 N–H and O–H groups in total. The molecular weight excluding hydrogens is 296 g/mol. The molecule has 0 aliphatic heterocycles.